The fraction of sp³-hybridized carbons (Fsp3) is 0.759. The molecule has 1 aliphatic heterocycles. The molecule has 0 spiro atoms. The lowest BCUT2D eigenvalue weighted by Crippen LogP contribution is -2.72. The average Bonchev–Trinajstić information content (AvgIpc) is 3.14. The number of hydrogen-bond acceptors (Lipinski definition) is 11. The molecule has 0 radical (unpaired) electrons. The van der Waals surface area contributed by atoms with E-state index in [0.717, 1.165) is 0 Å². The normalized spacial score (nSPS) is 52.0. The Kier molecular flexibility index (Phi) is 6.89. The Bertz CT molecular complexity index is 1180. The Hall–Kier alpha value is -1.67. The van der Waals surface area contributed by atoms with Crippen LogP contribution >= 0.6 is 0 Å². The van der Waals surface area contributed by atoms with E-state index in [1.165, 1.54) is 12.3 Å². The predicted molar refractivity (Wildman–Crippen MR) is 138 cm³/mol. The Labute approximate surface area is 231 Å². The van der Waals surface area contributed by atoms with Crippen LogP contribution in [0.25, 0.3) is 0 Å². The van der Waals surface area contributed by atoms with Gasteiger partial charge in [0, 0.05) is 23.8 Å². The molecule has 222 valence electrons. The van der Waals surface area contributed by atoms with E-state index in [0.29, 0.717) is 37.7 Å². The van der Waals surface area contributed by atoms with Gasteiger partial charge < -0.3 is 49.6 Å². The summed E-state index contributed by atoms with van der Waals surface area (Å²) in [5.74, 6) is -1.27. The lowest BCUT2D eigenvalue weighted by Gasteiger charge is -2.65. The van der Waals surface area contributed by atoms with Gasteiger partial charge in [0.25, 0.3) is 0 Å². The summed E-state index contributed by atoms with van der Waals surface area (Å²) in [7, 11) is 0. The highest BCUT2D eigenvalue weighted by Crippen LogP contribution is 2.69. The van der Waals surface area contributed by atoms with Crippen molar-refractivity contribution in [2.45, 2.75) is 111 Å². The van der Waals surface area contributed by atoms with E-state index in [1.807, 2.05) is 13.0 Å². The standard InChI is InChI=1S/C29H40O11/c1-26-10-6-17-16(28(26,37)12-18(31)21(26)15-4-5-20(32)38-14-15)7-11-27(36)8-2-3-9-29(17,27)40-25-24(35)23(34)22(33)19(13-30)39-25/h2,4-5,8,14,16-19,21-25,30-31,33-37H,3,6-7,9-13H2,1H3/t16-,17+,18+,19-,21+,22-,23+,24-,25+,26-,27-,28+,29+/m1/s1. The van der Waals surface area contributed by atoms with Gasteiger partial charge in [-0.1, -0.05) is 19.1 Å². The van der Waals surface area contributed by atoms with Crippen LogP contribution in [-0.2, 0) is 9.47 Å². The first-order chi connectivity index (χ1) is 18.9. The van der Waals surface area contributed by atoms with Gasteiger partial charge in [-0.2, -0.15) is 0 Å². The van der Waals surface area contributed by atoms with Crippen LogP contribution in [0.1, 0.15) is 63.4 Å². The van der Waals surface area contributed by atoms with E-state index >= 15 is 0 Å². The summed E-state index contributed by atoms with van der Waals surface area (Å²) in [6.45, 7) is 1.35. The third kappa shape index (κ3) is 3.79. The van der Waals surface area contributed by atoms with Crippen molar-refractivity contribution in [1.82, 2.24) is 0 Å². The van der Waals surface area contributed by atoms with E-state index in [2.05, 4.69) is 0 Å². The largest absolute Gasteiger partial charge is 0.431 e. The van der Waals surface area contributed by atoms with Crippen LogP contribution < -0.4 is 5.63 Å². The van der Waals surface area contributed by atoms with Crippen LogP contribution in [0.3, 0.4) is 0 Å². The number of aliphatic hydroxyl groups is 7. The van der Waals surface area contributed by atoms with Gasteiger partial charge in [0.15, 0.2) is 6.29 Å². The first-order valence-corrected chi connectivity index (χ1v) is 14.3. The molecule has 40 heavy (non-hydrogen) atoms. The van der Waals surface area contributed by atoms with Crippen molar-refractivity contribution in [3.05, 3.63) is 46.5 Å². The molecule has 5 aliphatic rings. The van der Waals surface area contributed by atoms with Gasteiger partial charge >= 0.3 is 5.63 Å². The molecule has 11 nitrogen and oxygen atoms in total. The maximum atomic E-state index is 12.5. The zero-order chi connectivity index (χ0) is 28.7. The average molecular weight is 565 g/mol. The van der Waals surface area contributed by atoms with E-state index in [1.54, 1.807) is 12.1 Å². The monoisotopic (exact) mass is 564 g/mol. The first-order valence-electron chi connectivity index (χ1n) is 14.3. The number of ether oxygens (including phenoxy) is 2. The Morgan fingerprint density at radius 2 is 1.75 bits per heavy atom. The maximum Gasteiger partial charge on any atom is 0.335 e. The molecule has 4 aliphatic carbocycles. The molecule has 13 atom stereocenters. The molecule has 1 saturated heterocycles. The van der Waals surface area contributed by atoms with Crippen LogP contribution in [0, 0.1) is 17.3 Å². The van der Waals surface area contributed by atoms with E-state index in [9.17, 15) is 40.5 Å². The lowest BCUT2D eigenvalue weighted by atomic mass is 9.45. The highest BCUT2D eigenvalue weighted by Gasteiger charge is 2.73. The van der Waals surface area contributed by atoms with Crippen molar-refractivity contribution >= 4 is 0 Å². The van der Waals surface area contributed by atoms with Crippen LogP contribution in [0.4, 0.5) is 0 Å². The molecule has 0 aromatic carbocycles. The number of hydrogen-bond donors (Lipinski definition) is 7. The second kappa shape index (κ2) is 9.68. The highest BCUT2D eigenvalue weighted by molar-refractivity contribution is 5.32. The summed E-state index contributed by atoms with van der Waals surface area (Å²) in [5.41, 5.74) is -4.72. The second-order valence-electron chi connectivity index (χ2n) is 12.8. The van der Waals surface area contributed by atoms with Gasteiger partial charge in [0.2, 0.25) is 0 Å². The van der Waals surface area contributed by atoms with Crippen LogP contribution in [0.15, 0.2) is 39.8 Å². The van der Waals surface area contributed by atoms with Crippen LogP contribution in [0.5, 0.6) is 0 Å². The van der Waals surface area contributed by atoms with Crippen molar-refractivity contribution in [3.63, 3.8) is 0 Å². The Morgan fingerprint density at radius 3 is 2.45 bits per heavy atom. The molecule has 3 saturated carbocycles. The summed E-state index contributed by atoms with van der Waals surface area (Å²) in [6, 6.07) is 2.95. The van der Waals surface area contributed by atoms with Crippen molar-refractivity contribution in [3.8, 4) is 0 Å². The summed E-state index contributed by atoms with van der Waals surface area (Å²) >= 11 is 0. The fourth-order valence-corrected chi connectivity index (χ4v) is 9.16. The smallest absolute Gasteiger partial charge is 0.335 e. The van der Waals surface area contributed by atoms with Crippen molar-refractivity contribution in [2.75, 3.05) is 6.61 Å². The number of allylic oxidation sites excluding steroid dienone is 1. The quantitative estimate of drug-likeness (QED) is 0.237. The summed E-state index contributed by atoms with van der Waals surface area (Å²) in [6.07, 6.45) is -0.621. The zero-order valence-electron chi connectivity index (χ0n) is 22.5. The molecular formula is C29H40O11. The van der Waals surface area contributed by atoms with Gasteiger partial charge in [-0.3, -0.25) is 0 Å². The molecule has 0 bridgehead atoms. The molecule has 0 amide bonds. The summed E-state index contributed by atoms with van der Waals surface area (Å²) in [4.78, 5) is 11.6. The minimum atomic E-state index is -1.63. The second-order valence-corrected chi connectivity index (χ2v) is 12.8. The summed E-state index contributed by atoms with van der Waals surface area (Å²) < 4.78 is 17.4. The Balaban J connectivity index is 1.38. The minimum absolute atomic E-state index is 0.0961. The zero-order valence-corrected chi connectivity index (χ0v) is 22.5. The van der Waals surface area contributed by atoms with E-state index in [-0.39, 0.29) is 12.8 Å². The minimum Gasteiger partial charge on any atom is -0.431 e. The van der Waals surface area contributed by atoms with Gasteiger partial charge in [-0.25, -0.2) is 4.79 Å². The first kappa shape index (κ1) is 28.4. The summed E-state index contributed by atoms with van der Waals surface area (Å²) in [5, 5.41) is 77.1. The topological polar surface area (TPSA) is 190 Å². The fourth-order valence-electron chi connectivity index (χ4n) is 9.16. The SMILES string of the molecule is C[C@]12CC[C@H]3[C@@H](CC[C@]4(O)C=CCC[C@]34O[C@@H]3O[C@H](CO)[C@@H](O)[C@H](O)[C@H]3O)[C@@]1(O)C[C@H](O)[C@@H]2c1ccc(=O)oc1. The number of rotatable bonds is 4. The van der Waals surface area contributed by atoms with Gasteiger partial charge in [-0.05, 0) is 62.0 Å². The number of aliphatic hydroxyl groups excluding tert-OH is 5. The third-order valence-electron chi connectivity index (χ3n) is 11.2. The van der Waals surface area contributed by atoms with E-state index in [4.69, 9.17) is 13.9 Å². The van der Waals surface area contributed by atoms with Crippen molar-refractivity contribution in [2.24, 2.45) is 17.3 Å². The molecule has 7 N–H and O–H groups in total. The molecule has 1 aromatic heterocycles. The van der Waals surface area contributed by atoms with Gasteiger partial charge in [0.1, 0.15) is 35.6 Å². The molecule has 0 unspecified atom stereocenters. The van der Waals surface area contributed by atoms with Gasteiger partial charge in [0.05, 0.1) is 24.6 Å². The van der Waals surface area contributed by atoms with Gasteiger partial charge in [-0.15, -0.1) is 0 Å². The lowest BCUT2D eigenvalue weighted by molar-refractivity contribution is -0.370. The maximum absolute atomic E-state index is 12.5. The molecular weight excluding hydrogens is 524 g/mol. The Morgan fingerprint density at radius 1 is 1.00 bits per heavy atom. The van der Waals surface area contributed by atoms with Crippen LogP contribution in [0.2, 0.25) is 0 Å². The van der Waals surface area contributed by atoms with E-state index < -0.39 is 89.0 Å². The highest BCUT2D eigenvalue weighted by atomic mass is 16.7. The molecule has 1 aromatic rings. The van der Waals surface area contributed by atoms with Crippen molar-refractivity contribution < 1.29 is 49.6 Å². The molecule has 6 rings (SSSR count). The van der Waals surface area contributed by atoms with Crippen molar-refractivity contribution in [1.29, 1.82) is 0 Å². The predicted octanol–water partition coefficient (Wildman–Crippen LogP) is -0.318. The molecule has 2 heterocycles. The van der Waals surface area contributed by atoms with Crippen LogP contribution in [-0.4, -0.2) is 96.0 Å². The third-order valence-corrected chi connectivity index (χ3v) is 11.2. The molecule has 4 fully saturated rings. The number of fused-ring (bicyclic) bond motifs is 5. The molecule has 11 heteroatoms.